The summed E-state index contributed by atoms with van der Waals surface area (Å²) in [6, 6.07) is 11.0. The van der Waals surface area contributed by atoms with E-state index in [-0.39, 0.29) is 141 Å². The highest BCUT2D eigenvalue weighted by molar-refractivity contribution is 6.09. The van der Waals surface area contributed by atoms with Gasteiger partial charge in [-0.05, 0) is 212 Å². The number of hydrogen-bond donors (Lipinski definition) is 2. The summed E-state index contributed by atoms with van der Waals surface area (Å²) in [5.74, 6) is 0.664. The molecule has 682 valence electrons. The zero-order chi connectivity index (χ0) is 91.5. The third-order valence-electron chi connectivity index (χ3n) is 30.2. The zero-order valence-corrected chi connectivity index (χ0v) is 78.6. The predicted molar refractivity (Wildman–Crippen MR) is 492 cm³/mol. The van der Waals surface area contributed by atoms with Crippen molar-refractivity contribution in [2.45, 2.75) is 372 Å². The number of piperidine rings is 3. The second-order valence-electron chi connectivity index (χ2n) is 41.8. The molecule has 16 rings (SSSR count). The molecule has 10 heterocycles. The number of ketones is 9. The summed E-state index contributed by atoms with van der Waals surface area (Å²) in [4.78, 5) is 174. The van der Waals surface area contributed by atoms with Crippen LogP contribution in [-0.4, -0.2) is 173 Å². The van der Waals surface area contributed by atoms with Crippen molar-refractivity contribution in [1.82, 2.24) is 54.0 Å². The van der Waals surface area contributed by atoms with Crippen molar-refractivity contribution in [1.29, 1.82) is 0 Å². The maximum Gasteiger partial charge on any atom is 0.245 e. The summed E-state index contributed by atoms with van der Waals surface area (Å²) < 4.78 is 5.12. The molecule has 25 heteroatoms. The minimum atomic E-state index is -0.478. The third kappa shape index (κ3) is 19.3. The highest BCUT2D eigenvalue weighted by Crippen LogP contribution is 2.65. The first-order valence-electron chi connectivity index (χ1n) is 47.7. The topological polar surface area (TPSA) is 318 Å². The summed E-state index contributed by atoms with van der Waals surface area (Å²) in [7, 11) is 0. The molecule has 3 saturated heterocycles. The van der Waals surface area contributed by atoms with Gasteiger partial charge in [0.2, 0.25) is 17.7 Å². The molecule has 0 unspecified atom stereocenters. The van der Waals surface area contributed by atoms with E-state index in [4.69, 9.17) is 15.3 Å². The quantitative estimate of drug-likeness (QED) is 0.0901. The first-order valence-corrected chi connectivity index (χ1v) is 47.7. The second kappa shape index (κ2) is 37.0. The average Bonchev–Trinajstić information content (AvgIpc) is 1.54. The first-order chi connectivity index (χ1) is 60.2. The zero-order valence-electron chi connectivity index (χ0n) is 78.6. The number of hydrogen-bond acceptors (Lipinski definition) is 19. The molecular formula is C102H137N13O12. The van der Waals surface area contributed by atoms with Crippen molar-refractivity contribution in [3.05, 3.63) is 88.3 Å². The highest BCUT2D eigenvalue weighted by Gasteiger charge is 2.69. The molecule has 9 atom stereocenters. The standard InChI is InChI=1S/C35H43N5O4.C34H48N4O4.C33H46N4O4/c1-6-28(42)27-16-35-13-11-30(43)34(4,5)12-9-7-8-10-23-14-24(26-19-36-21(2)18-37-26)15-25-32(22(3)41)38-39(33(23)25)20-31(44)40(27)29(35)17-35;1-7-27(40)26-17-34-14-12-29(41)33(5,6)13-10-8-9-11-23-15-24(35-19-21(2)3)16-25-31(22(4)39)36-37(32(23)25)20-30(42)38(26)28(34)18-34;1-7-26(39)25-17-33-14-12-28(40)32(5,6)13-10-8-9-11-22-15-23(34-20(2)3)16-24-30(21(4)38)35-36(31(22)24)19-29(41)37(25)27(33)18-33/h14-15,18-19,27,29H,6-13,16-17,20H2,1-5H3;15-16,21,26,28,35H,7-14,17-20H2,1-6H3;15-16,20,25,27,34H,7-14,17-19H2,1-6H3/t27-,29+,35-;26-,28+,34-;25-,27+,33-/m000/s1. The Hall–Kier alpha value is -9.81. The lowest BCUT2D eigenvalue weighted by Gasteiger charge is -2.27. The molecule has 25 nitrogen and oxygen atoms in total. The number of nitrogens with one attached hydrogen (secondary N) is 2. The number of rotatable bonds is 15. The van der Waals surface area contributed by atoms with Crippen LogP contribution in [0.15, 0.2) is 48.8 Å². The van der Waals surface area contributed by atoms with Gasteiger partial charge in [-0.25, -0.2) is 0 Å². The van der Waals surface area contributed by atoms with Gasteiger partial charge in [-0.15, -0.1) is 0 Å². The summed E-state index contributed by atoms with van der Waals surface area (Å²) >= 11 is 0. The molecule has 6 bridgehead atoms. The Balaban J connectivity index is 0.000000154. The summed E-state index contributed by atoms with van der Waals surface area (Å²) in [5, 5.41) is 23.4. The normalized spacial score (nSPS) is 26.1. The number of nitrogens with zero attached hydrogens (tertiary/aromatic N) is 11. The van der Waals surface area contributed by atoms with Crippen LogP contribution in [0.4, 0.5) is 11.4 Å². The fourth-order valence-corrected chi connectivity index (χ4v) is 22.4. The Labute approximate surface area is 748 Å². The lowest BCUT2D eigenvalue weighted by Crippen LogP contribution is -2.44. The number of aromatic nitrogens is 8. The van der Waals surface area contributed by atoms with E-state index >= 15 is 0 Å². The first kappa shape index (κ1) is 93.3. The summed E-state index contributed by atoms with van der Waals surface area (Å²) in [6.45, 7) is 33.5. The van der Waals surface area contributed by atoms with Crippen molar-refractivity contribution in [2.75, 3.05) is 17.2 Å². The number of aryl methyl sites for hydroxylation is 4. The van der Waals surface area contributed by atoms with E-state index in [1.807, 2.05) is 55.7 Å². The Morgan fingerprint density at radius 3 is 1.09 bits per heavy atom. The molecule has 0 radical (unpaired) electrons. The van der Waals surface area contributed by atoms with Gasteiger partial charge in [-0.3, -0.25) is 81.5 Å². The molecule has 6 fully saturated rings. The van der Waals surface area contributed by atoms with Gasteiger partial charge in [-0.1, -0.05) is 115 Å². The van der Waals surface area contributed by atoms with Crippen molar-refractivity contribution in [3.63, 3.8) is 0 Å². The van der Waals surface area contributed by atoms with Gasteiger partial charge >= 0.3 is 0 Å². The molecule has 3 saturated carbocycles. The largest absolute Gasteiger partial charge is 0.385 e. The fraction of sp³-hybridized carbons (Fsp3) is 0.637. The molecule has 6 aliphatic heterocycles. The Kier molecular flexibility index (Phi) is 27.2. The van der Waals surface area contributed by atoms with Gasteiger partial charge < -0.3 is 25.3 Å². The molecule has 7 aromatic rings. The van der Waals surface area contributed by atoms with Crippen molar-refractivity contribution < 1.29 is 57.5 Å². The van der Waals surface area contributed by atoms with E-state index in [0.717, 1.165) is 202 Å². The van der Waals surface area contributed by atoms with E-state index in [2.05, 4.69) is 108 Å². The second-order valence-corrected chi connectivity index (χ2v) is 41.8. The highest BCUT2D eigenvalue weighted by atomic mass is 16.2. The molecular weight excluding hydrogens is 1600 g/mol. The Morgan fingerprint density at radius 2 is 0.764 bits per heavy atom. The van der Waals surface area contributed by atoms with E-state index in [1.165, 1.54) is 20.8 Å². The number of carbonyl (C=O) groups is 12. The maximum absolute atomic E-state index is 14.1. The van der Waals surface area contributed by atoms with Crippen LogP contribution in [0.1, 0.15) is 338 Å². The van der Waals surface area contributed by atoms with Gasteiger partial charge in [0.25, 0.3) is 0 Å². The Morgan fingerprint density at radius 1 is 0.417 bits per heavy atom. The summed E-state index contributed by atoms with van der Waals surface area (Å²) in [6.07, 6.45) is 26.0. The van der Waals surface area contributed by atoms with E-state index in [0.29, 0.717) is 98.3 Å². The van der Waals surface area contributed by atoms with Crippen LogP contribution in [0.25, 0.3) is 44.0 Å². The van der Waals surface area contributed by atoms with Crippen molar-refractivity contribution in [2.24, 2.45) is 38.4 Å². The number of anilines is 2. The molecule has 3 amide bonds. The maximum atomic E-state index is 14.1. The van der Waals surface area contributed by atoms with Crippen molar-refractivity contribution >= 4 is 114 Å². The summed E-state index contributed by atoms with van der Waals surface area (Å²) in [5.41, 5.74) is 9.27. The molecule has 4 aromatic heterocycles. The van der Waals surface area contributed by atoms with E-state index in [9.17, 15) is 57.5 Å². The molecule has 0 spiro atoms. The van der Waals surface area contributed by atoms with Gasteiger partial charge in [0.15, 0.2) is 34.7 Å². The number of Topliss-reactive ketones (excluding diaryl/α,β-unsaturated/α-hetero) is 9. The van der Waals surface area contributed by atoms with Crippen LogP contribution in [0, 0.1) is 45.3 Å². The monoisotopic (exact) mass is 1740 g/mol. The minimum absolute atomic E-state index is 0.0123. The predicted octanol–water partition coefficient (Wildman–Crippen LogP) is 17.9. The van der Waals surface area contributed by atoms with Gasteiger partial charge in [0, 0.05) is 146 Å². The van der Waals surface area contributed by atoms with Crippen LogP contribution in [0.2, 0.25) is 0 Å². The lowest BCUT2D eigenvalue weighted by atomic mass is 9.79. The minimum Gasteiger partial charge on any atom is -0.385 e. The molecule has 3 aliphatic carbocycles. The number of benzene rings is 3. The van der Waals surface area contributed by atoms with Crippen LogP contribution in [-0.2, 0) is 82.0 Å². The van der Waals surface area contributed by atoms with E-state index in [1.54, 1.807) is 31.3 Å². The average molecular weight is 1740 g/mol. The van der Waals surface area contributed by atoms with Gasteiger partial charge in [-0.2, -0.15) is 15.3 Å². The lowest BCUT2D eigenvalue weighted by molar-refractivity contribution is -0.139. The molecule has 9 aliphatic rings. The SMILES string of the molecule is CCC(=O)[C@@H]1C[C@]23CCC(=O)C(C)(C)CCCCCc4cc(-c5cnc(C)cn5)cc5c(C(C)=O)nn(c45)CC(=O)N1[C@@H]2C3.CCC(=O)[C@@H]1C[C@]23CCC(=O)C(C)(C)CCCCCc4cc(NC(C)C)cc5c(C(C)=O)nn(c45)CC(=O)N1[C@@H]2C3.CCC(=O)[C@@H]1C[C@]23CCC(=O)C(C)(C)CCCCCc4cc(NCC(C)C)cc5c(C(C)=O)nn(c45)CC(=O)N1[C@@H]2C3. The molecule has 127 heavy (non-hydrogen) atoms. The van der Waals surface area contributed by atoms with Gasteiger partial charge in [0.05, 0.1) is 52.3 Å². The number of carbonyl (C=O) groups excluding carboxylic acids is 12. The van der Waals surface area contributed by atoms with E-state index < -0.39 is 23.5 Å². The van der Waals surface area contributed by atoms with Crippen molar-refractivity contribution in [3.8, 4) is 11.3 Å². The van der Waals surface area contributed by atoms with Gasteiger partial charge in [0.1, 0.15) is 54.1 Å². The molecule has 2 N–H and O–H groups in total. The smallest absolute Gasteiger partial charge is 0.245 e. The van der Waals surface area contributed by atoms with Crippen LogP contribution >= 0.6 is 0 Å². The number of amides is 3. The van der Waals surface area contributed by atoms with Crippen LogP contribution in [0.3, 0.4) is 0 Å². The third-order valence-corrected chi connectivity index (χ3v) is 30.2. The van der Waals surface area contributed by atoms with Crippen LogP contribution in [0.5, 0.6) is 0 Å². The Bertz CT molecular complexity index is 5510. The fourth-order valence-electron chi connectivity index (χ4n) is 22.4. The van der Waals surface area contributed by atoms with Crippen LogP contribution < -0.4 is 10.6 Å². The molecule has 3 aromatic carbocycles.